The van der Waals surface area contributed by atoms with Crippen LogP contribution in [-0.4, -0.2) is 86.7 Å². The highest BCUT2D eigenvalue weighted by Crippen LogP contribution is 2.36. The molecule has 0 saturated carbocycles. The van der Waals surface area contributed by atoms with Crippen LogP contribution in [0.2, 0.25) is 5.02 Å². The third-order valence-corrected chi connectivity index (χ3v) is 9.49. The van der Waals surface area contributed by atoms with Crippen LogP contribution in [0.3, 0.4) is 0 Å². The Labute approximate surface area is 358 Å². The number of hydrogen-bond donors (Lipinski definition) is 0. The van der Waals surface area contributed by atoms with Gasteiger partial charge in [0.15, 0.2) is 41.1 Å². The Kier molecular flexibility index (Phi) is 18.2. The van der Waals surface area contributed by atoms with Gasteiger partial charge in [0.25, 0.3) is 5.91 Å². The van der Waals surface area contributed by atoms with Crippen molar-refractivity contribution in [2.75, 3.05) is 66.0 Å². The molecule has 1 saturated heterocycles. The van der Waals surface area contributed by atoms with Crippen LogP contribution in [0.25, 0.3) is 10.8 Å². The molecule has 0 spiro atoms. The fraction of sp³-hybridized carbons (Fsp3) is 0.364. The van der Waals surface area contributed by atoms with E-state index in [0.29, 0.717) is 56.7 Å². The predicted octanol–water partition coefficient (Wildman–Crippen LogP) is 9.06. The van der Waals surface area contributed by atoms with Gasteiger partial charge in [0, 0.05) is 55.8 Å². The summed E-state index contributed by atoms with van der Waals surface area (Å²) < 4.78 is 39.3. The Morgan fingerprint density at radius 2 is 1.29 bits per heavy atom. The van der Waals surface area contributed by atoms with Gasteiger partial charge in [-0.3, -0.25) is 14.7 Å². The van der Waals surface area contributed by atoms with E-state index >= 15 is 0 Å². The fourth-order valence-corrected chi connectivity index (χ4v) is 6.66. The van der Waals surface area contributed by atoms with Crippen molar-refractivity contribution in [1.29, 1.82) is 0 Å². The normalized spacial score (nSPS) is 13.0. The first kappa shape index (κ1) is 45.9. The molecule has 0 aliphatic carbocycles. The van der Waals surface area contributed by atoms with E-state index in [1.165, 1.54) is 5.56 Å². The van der Waals surface area contributed by atoms with Gasteiger partial charge >= 0.3 is 0 Å². The average Bonchev–Trinajstić information content (AvgIpc) is 3.68. The first-order valence-corrected chi connectivity index (χ1v) is 19.6. The zero-order valence-corrected chi connectivity index (χ0v) is 35.8. The molecule has 0 N–H and O–H groups in total. The molecule has 0 radical (unpaired) electrons. The highest BCUT2D eigenvalue weighted by molar-refractivity contribution is 6.30. The second-order valence-electron chi connectivity index (χ2n) is 13.1. The molecule has 0 bridgehead atoms. The quantitative estimate of drug-likeness (QED) is 0.101. The lowest BCUT2D eigenvalue weighted by Gasteiger charge is -2.34. The molecule has 1 fully saturated rings. The number of benzene rings is 4. The maximum Gasteiger partial charge on any atom is 0.260 e. The monoisotopic (exact) mass is 855 g/mol. The molecule has 2 aliphatic rings. The molecule has 11 nitrogen and oxygen atoms in total. The van der Waals surface area contributed by atoms with Crippen molar-refractivity contribution >= 4 is 53.1 Å². The van der Waals surface area contributed by atoms with Crippen LogP contribution in [0.15, 0.2) is 85.1 Å². The largest absolute Gasteiger partial charge is 0.490 e. The summed E-state index contributed by atoms with van der Waals surface area (Å²) in [6.07, 6.45) is 2.52. The molecular formula is C44H52Cl3N3O8. The summed E-state index contributed by atoms with van der Waals surface area (Å²) >= 11 is 5.85. The van der Waals surface area contributed by atoms with Gasteiger partial charge in [-0.05, 0) is 111 Å². The fourth-order valence-electron chi connectivity index (χ4n) is 6.54. The molecule has 3 heterocycles. The molecule has 14 heteroatoms. The summed E-state index contributed by atoms with van der Waals surface area (Å²) in [5.41, 5.74) is 3.28. The molecule has 1 amide bonds. The second kappa shape index (κ2) is 23.0. The van der Waals surface area contributed by atoms with E-state index in [4.69, 9.17) is 44.8 Å². The number of carbonyl (C=O) groups is 1. The van der Waals surface area contributed by atoms with Gasteiger partial charge in [0.2, 0.25) is 6.79 Å². The summed E-state index contributed by atoms with van der Waals surface area (Å²) in [4.78, 5) is 21.2. The summed E-state index contributed by atoms with van der Waals surface area (Å²) in [6.45, 7) is 14.5. The Hall–Kier alpha value is -4.81. The maximum absolute atomic E-state index is 12.4. The molecule has 0 unspecified atom stereocenters. The van der Waals surface area contributed by atoms with Crippen LogP contribution in [0.5, 0.6) is 40.2 Å². The summed E-state index contributed by atoms with van der Waals surface area (Å²) in [7, 11) is 0. The van der Waals surface area contributed by atoms with Crippen LogP contribution < -0.4 is 33.2 Å². The summed E-state index contributed by atoms with van der Waals surface area (Å²) in [6, 6.07) is 25.2. The third kappa shape index (κ3) is 12.3. The smallest absolute Gasteiger partial charge is 0.260 e. The number of carbonyl (C=O) groups excluding carboxylic acids is 1. The van der Waals surface area contributed by atoms with E-state index in [0.717, 1.165) is 76.2 Å². The second-order valence-corrected chi connectivity index (χ2v) is 13.5. The number of pyridine rings is 1. The van der Waals surface area contributed by atoms with E-state index in [-0.39, 0.29) is 44.1 Å². The van der Waals surface area contributed by atoms with E-state index in [2.05, 4.69) is 22.0 Å². The van der Waals surface area contributed by atoms with Crippen molar-refractivity contribution in [2.45, 2.75) is 40.7 Å². The summed E-state index contributed by atoms with van der Waals surface area (Å²) in [5, 5.41) is 2.79. The standard InChI is InChI=1S/C24H29NO4.C20H21ClN2O4.2ClH/c1-5-26-21-10-9-17(14-22(21)27-6-2)13-20-19-16-24(29-8-4)23(28-7-3)15-18(19)11-12-25-20;21-16-2-4-17(5-3-16)25-13-20(24)23-9-7-22(8-10-23)12-15-1-6-18-19(11-15)27-14-26-18;;/h9-12,14-16H,5-8,13H2,1-4H3;1-6,11H,7-10,12-14H2;2*1H. The minimum Gasteiger partial charge on any atom is -0.490 e. The van der Waals surface area contributed by atoms with E-state index in [1.807, 2.05) is 81.3 Å². The average molecular weight is 857 g/mol. The molecule has 5 aromatic rings. The molecule has 0 atom stereocenters. The lowest BCUT2D eigenvalue weighted by atomic mass is 10.0. The Morgan fingerprint density at radius 3 is 1.98 bits per heavy atom. The molecule has 1 aromatic heterocycles. The van der Waals surface area contributed by atoms with Gasteiger partial charge in [-0.2, -0.15) is 0 Å². The molecule has 2 aliphatic heterocycles. The van der Waals surface area contributed by atoms with E-state index in [1.54, 1.807) is 24.3 Å². The number of amides is 1. The maximum atomic E-state index is 12.4. The molecule has 312 valence electrons. The number of aromatic nitrogens is 1. The Morgan fingerprint density at radius 1 is 0.672 bits per heavy atom. The van der Waals surface area contributed by atoms with Gasteiger partial charge in [-0.25, -0.2) is 0 Å². The van der Waals surface area contributed by atoms with Gasteiger partial charge < -0.3 is 38.1 Å². The molecule has 58 heavy (non-hydrogen) atoms. The lowest BCUT2D eigenvalue weighted by molar-refractivity contribution is -0.135. The number of nitrogens with zero attached hydrogens (tertiary/aromatic N) is 3. The number of halogens is 3. The number of ether oxygens (including phenoxy) is 7. The van der Waals surface area contributed by atoms with E-state index in [9.17, 15) is 4.79 Å². The minimum atomic E-state index is 0. The van der Waals surface area contributed by atoms with Crippen molar-refractivity contribution in [2.24, 2.45) is 0 Å². The topological polar surface area (TPSA) is 101 Å². The van der Waals surface area contributed by atoms with Crippen molar-refractivity contribution in [1.82, 2.24) is 14.8 Å². The van der Waals surface area contributed by atoms with Crippen molar-refractivity contribution in [3.8, 4) is 40.2 Å². The number of rotatable bonds is 15. The highest BCUT2D eigenvalue weighted by Gasteiger charge is 2.22. The van der Waals surface area contributed by atoms with E-state index < -0.39 is 0 Å². The molecular weight excluding hydrogens is 805 g/mol. The predicted molar refractivity (Wildman–Crippen MR) is 232 cm³/mol. The highest BCUT2D eigenvalue weighted by atomic mass is 35.5. The van der Waals surface area contributed by atoms with Crippen LogP contribution in [0.1, 0.15) is 44.5 Å². The SMILES string of the molecule is CCOc1ccc(Cc2nccc3cc(OCC)c(OCC)cc23)cc1OCC.Cl.Cl.O=C(COc1ccc(Cl)cc1)N1CCN(Cc2ccc3c(c2)OCO3)CC1. The van der Waals surface area contributed by atoms with Crippen LogP contribution in [0, 0.1) is 0 Å². The van der Waals surface area contributed by atoms with Crippen LogP contribution in [0.4, 0.5) is 0 Å². The lowest BCUT2D eigenvalue weighted by Crippen LogP contribution is -2.49. The van der Waals surface area contributed by atoms with Gasteiger partial charge in [-0.1, -0.05) is 23.7 Å². The first-order valence-electron chi connectivity index (χ1n) is 19.2. The number of piperazine rings is 1. The number of fused-ring (bicyclic) bond motifs is 2. The third-order valence-electron chi connectivity index (χ3n) is 9.23. The van der Waals surface area contributed by atoms with Crippen molar-refractivity contribution in [3.05, 3.63) is 107 Å². The van der Waals surface area contributed by atoms with Crippen molar-refractivity contribution < 1.29 is 38.0 Å². The Balaban J connectivity index is 0.000000248. The minimum absolute atomic E-state index is 0. The van der Waals surface area contributed by atoms with Crippen LogP contribution >= 0.6 is 36.4 Å². The zero-order chi connectivity index (χ0) is 39.3. The van der Waals surface area contributed by atoms with Gasteiger partial charge in [-0.15, -0.1) is 24.8 Å². The Bertz CT molecular complexity index is 2060. The van der Waals surface area contributed by atoms with Crippen molar-refractivity contribution in [3.63, 3.8) is 0 Å². The molecule has 4 aromatic carbocycles. The van der Waals surface area contributed by atoms with Crippen LogP contribution in [-0.2, 0) is 17.8 Å². The summed E-state index contributed by atoms with van der Waals surface area (Å²) in [5.74, 6) is 5.30. The van der Waals surface area contributed by atoms with Gasteiger partial charge in [0.05, 0.1) is 32.1 Å². The first-order chi connectivity index (χ1) is 27.4. The molecule has 7 rings (SSSR count). The van der Waals surface area contributed by atoms with Gasteiger partial charge in [0.1, 0.15) is 5.75 Å². The zero-order valence-electron chi connectivity index (χ0n) is 33.4. The number of hydrogen-bond acceptors (Lipinski definition) is 10.